The maximum absolute atomic E-state index is 14.0. The second-order valence-electron chi connectivity index (χ2n) is 9.74. The molecule has 0 radical (unpaired) electrons. The molecule has 2 saturated heterocycles. The van der Waals surface area contributed by atoms with Crippen LogP contribution in [0, 0.1) is 5.82 Å². The summed E-state index contributed by atoms with van der Waals surface area (Å²) >= 11 is 0. The number of halogens is 1. The first kappa shape index (κ1) is 23.6. The van der Waals surface area contributed by atoms with Crippen molar-refractivity contribution in [2.45, 2.75) is 75.3 Å². The standard InChI is InChI=1S/C24H35FN2O4S/c1-3-27(32(2,29)30)21-9-16-31-23(18-21)12-14-26(15-13-23)22(28)24(10-4-5-11-24)19-7-6-8-20(25)17-19/h6-8,17,21H,3-5,9-16,18H2,1-2H3. The van der Waals surface area contributed by atoms with Crippen LogP contribution in [0.15, 0.2) is 24.3 Å². The monoisotopic (exact) mass is 466 g/mol. The second kappa shape index (κ2) is 9.03. The summed E-state index contributed by atoms with van der Waals surface area (Å²) in [5.74, 6) is -0.193. The fraction of sp³-hybridized carbons (Fsp3) is 0.708. The maximum atomic E-state index is 14.0. The largest absolute Gasteiger partial charge is 0.375 e. The molecule has 0 bridgehead atoms. The van der Waals surface area contributed by atoms with Gasteiger partial charge < -0.3 is 9.64 Å². The first-order valence-corrected chi connectivity index (χ1v) is 13.7. The number of likely N-dealkylation sites (tertiary alicyclic amines) is 1. The number of piperidine rings is 1. The summed E-state index contributed by atoms with van der Waals surface area (Å²) in [6.07, 6.45) is 7.52. The number of sulfonamides is 1. The summed E-state index contributed by atoms with van der Waals surface area (Å²) in [4.78, 5) is 15.7. The first-order valence-electron chi connectivity index (χ1n) is 11.9. The van der Waals surface area contributed by atoms with Gasteiger partial charge in [-0.05, 0) is 56.2 Å². The Balaban J connectivity index is 1.47. The highest BCUT2D eigenvalue weighted by atomic mass is 32.2. The van der Waals surface area contributed by atoms with Crippen molar-refractivity contribution in [3.63, 3.8) is 0 Å². The normalized spacial score (nSPS) is 25.4. The molecule has 1 aliphatic carbocycles. The molecule has 1 amide bonds. The molecule has 1 saturated carbocycles. The van der Waals surface area contributed by atoms with Crippen LogP contribution < -0.4 is 0 Å². The molecule has 1 atom stereocenters. The van der Waals surface area contributed by atoms with Gasteiger partial charge in [0, 0.05) is 32.3 Å². The lowest BCUT2D eigenvalue weighted by Crippen LogP contribution is -2.57. The molecule has 1 aromatic carbocycles. The Hall–Kier alpha value is -1.51. The molecule has 0 N–H and O–H groups in total. The summed E-state index contributed by atoms with van der Waals surface area (Å²) < 4.78 is 46.2. The molecule has 178 valence electrons. The quantitative estimate of drug-likeness (QED) is 0.667. The van der Waals surface area contributed by atoms with E-state index in [0.29, 0.717) is 51.9 Å². The van der Waals surface area contributed by atoms with E-state index in [4.69, 9.17) is 4.74 Å². The van der Waals surface area contributed by atoms with Gasteiger partial charge in [0.15, 0.2) is 0 Å². The number of hydrogen-bond donors (Lipinski definition) is 0. The topological polar surface area (TPSA) is 66.9 Å². The van der Waals surface area contributed by atoms with E-state index in [9.17, 15) is 17.6 Å². The molecule has 0 aromatic heterocycles. The molecule has 4 rings (SSSR count). The predicted octanol–water partition coefficient (Wildman–Crippen LogP) is 3.46. The number of nitrogens with zero attached hydrogens (tertiary/aromatic N) is 2. The Morgan fingerprint density at radius 3 is 2.50 bits per heavy atom. The van der Waals surface area contributed by atoms with E-state index in [1.807, 2.05) is 17.9 Å². The van der Waals surface area contributed by atoms with Crippen LogP contribution >= 0.6 is 0 Å². The number of carbonyl (C=O) groups excluding carboxylic acids is 1. The van der Waals surface area contributed by atoms with E-state index < -0.39 is 15.4 Å². The van der Waals surface area contributed by atoms with E-state index in [2.05, 4.69) is 0 Å². The van der Waals surface area contributed by atoms with Gasteiger partial charge in [0.05, 0.1) is 17.3 Å². The van der Waals surface area contributed by atoms with Crippen molar-refractivity contribution in [2.75, 3.05) is 32.5 Å². The average molecular weight is 467 g/mol. The van der Waals surface area contributed by atoms with E-state index >= 15 is 0 Å². The van der Waals surface area contributed by atoms with Gasteiger partial charge in [0.25, 0.3) is 0 Å². The molecule has 2 heterocycles. The van der Waals surface area contributed by atoms with Gasteiger partial charge in [-0.3, -0.25) is 4.79 Å². The minimum absolute atomic E-state index is 0.0560. The Labute approximate surface area is 191 Å². The number of amides is 1. The lowest BCUT2D eigenvalue weighted by atomic mass is 9.76. The SMILES string of the molecule is CCN(C1CCOC2(CCN(C(=O)C3(c4cccc(F)c4)CCCC3)CC2)C1)S(C)(=O)=O. The molecule has 1 aromatic rings. The minimum atomic E-state index is -3.26. The van der Waals surface area contributed by atoms with Crippen molar-refractivity contribution < 1.29 is 22.3 Å². The number of rotatable bonds is 5. The van der Waals surface area contributed by atoms with E-state index in [-0.39, 0.29) is 23.4 Å². The molecule has 2 aliphatic heterocycles. The van der Waals surface area contributed by atoms with Crippen molar-refractivity contribution >= 4 is 15.9 Å². The Kier molecular flexibility index (Phi) is 6.67. The predicted molar refractivity (Wildman–Crippen MR) is 121 cm³/mol. The van der Waals surface area contributed by atoms with Crippen LogP contribution in [0.4, 0.5) is 4.39 Å². The van der Waals surface area contributed by atoms with Gasteiger partial charge in [-0.15, -0.1) is 0 Å². The Bertz CT molecular complexity index is 937. The minimum Gasteiger partial charge on any atom is -0.375 e. The van der Waals surface area contributed by atoms with Crippen LogP contribution in [0.5, 0.6) is 0 Å². The molecule has 3 fully saturated rings. The highest BCUT2D eigenvalue weighted by Crippen LogP contribution is 2.44. The smallest absolute Gasteiger partial charge is 0.233 e. The van der Waals surface area contributed by atoms with Gasteiger partial charge in [0.1, 0.15) is 5.82 Å². The number of carbonyl (C=O) groups is 1. The molecule has 3 aliphatic rings. The average Bonchev–Trinajstić information content (AvgIpc) is 3.25. The van der Waals surface area contributed by atoms with Crippen LogP contribution in [0.2, 0.25) is 0 Å². The summed E-state index contributed by atoms with van der Waals surface area (Å²) in [7, 11) is -3.26. The molecular formula is C24H35FN2O4S. The third-order valence-electron chi connectivity index (χ3n) is 7.82. The van der Waals surface area contributed by atoms with Crippen molar-refractivity contribution in [3.8, 4) is 0 Å². The molecule has 8 heteroatoms. The number of ether oxygens (including phenoxy) is 1. The third kappa shape index (κ3) is 4.46. The van der Waals surface area contributed by atoms with Gasteiger partial charge >= 0.3 is 0 Å². The Morgan fingerprint density at radius 2 is 1.91 bits per heavy atom. The van der Waals surface area contributed by atoms with Crippen molar-refractivity contribution in [3.05, 3.63) is 35.6 Å². The van der Waals surface area contributed by atoms with Crippen molar-refractivity contribution in [2.24, 2.45) is 0 Å². The van der Waals surface area contributed by atoms with E-state index in [1.165, 1.54) is 18.4 Å². The summed E-state index contributed by atoms with van der Waals surface area (Å²) in [6.45, 7) is 4.05. The number of hydrogen-bond acceptors (Lipinski definition) is 4. The van der Waals surface area contributed by atoms with Gasteiger partial charge in [-0.25, -0.2) is 12.8 Å². The lowest BCUT2D eigenvalue weighted by Gasteiger charge is -2.49. The van der Waals surface area contributed by atoms with Gasteiger partial charge in [-0.1, -0.05) is 31.9 Å². The van der Waals surface area contributed by atoms with Crippen molar-refractivity contribution in [1.82, 2.24) is 9.21 Å². The van der Waals surface area contributed by atoms with Crippen LogP contribution in [0.3, 0.4) is 0 Å². The van der Waals surface area contributed by atoms with Crippen molar-refractivity contribution in [1.29, 1.82) is 0 Å². The fourth-order valence-electron chi connectivity index (χ4n) is 6.17. The van der Waals surface area contributed by atoms with E-state index in [1.54, 1.807) is 10.4 Å². The fourth-order valence-corrected chi connectivity index (χ4v) is 7.36. The van der Waals surface area contributed by atoms with Gasteiger partial charge in [-0.2, -0.15) is 4.31 Å². The third-order valence-corrected chi connectivity index (χ3v) is 9.23. The molecular weight excluding hydrogens is 431 g/mol. The highest BCUT2D eigenvalue weighted by Gasteiger charge is 2.48. The zero-order chi connectivity index (χ0) is 23.0. The van der Waals surface area contributed by atoms with Crippen LogP contribution in [-0.4, -0.2) is 67.7 Å². The zero-order valence-corrected chi connectivity index (χ0v) is 20.0. The summed E-state index contributed by atoms with van der Waals surface area (Å²) in [5.41, 5.74) is -0.210. The zero-order valence-electron chi connectivity index (χ0n) is 19.2. The lowest BCUT2D eigenvalue weighted by molar-refractivity contribution is -0.151. The molecule has 32 heavy (non-hydrogen) atoms. The molecule has 6 nitrogen and oxygen atoms in total. The van der Waals surface area contributed by atoms with E-state index in [0.717, 1.165) is 31.2 Å². The molecule has 1 unspecified atom stereocenters. The maximum Gasteiger partial charge on any atom is 0.233 e. The summed E-state index contributed by atoms with van der Waals surface area (Å²) in [5, 5.41) is 0. The summed E-state index contributed by atoms with van der Waals surface area (Å²) in [6, 6.07) is 6.47. The number of benzene rings is 1. The second-order valence-corrected chi connectivity index (χ2v) is 11.7. The van der Waals surface area contributed by atoms with Crippen LogP contribution in [0.25, 0.3) is 0 Å². The van der Waals surface area contributed by atoms with Crippen LogP contribution in [0.1, 0.15) is 63.9 Å². The first-order chi connectivity index (χ1) is 15.2. The molecule has 1 spiro atoms. The van der Waals surface area contributed by atoms with Crippen LogP contribution in [-0.2, 0) is 25.0 Å². The van der Waals surface area contributed by atoms with Gasteiger partial charge in [0.2, 0.25) is 15.9 Å². The highest BCUT2D eigenvalue weighted by molar-refractivity contribution is 7.88. The Morgan fingerprint density at radius 1 is 1.22 bits per heavy atom.